The molecule has 2 heteroatoms. The first-order chi connectivity index (χ1) is 7.70. The molecule has 1 unspecified atom stereocenters. The lowest BCUT2D eigenvalue weighted by molar-refractivity contribution is -0.142. The second kappa shape index (κ2) is 10.5. The first kappa shape index (κ1) is 14.9. The van der Waals surface area contributed by atoms with E-state index < -0.39 is 0 Å². The van der Waals surface area contributed by atoms with E-state index in [9.17, 15) is 4.79 Å². The van der Waals surface area contributed by atoms with Crippen molar-refractivity contribution in [2.24, 2.45) is 0 Å². The highest BCUT2D eigenvalue weighted by Gasteiger charge is 2.05. The van der Waals surface area contributed by atoms with Gasteiger partial charge in [0.05, 0.1) is 6.10 Å². The number of hydrogen-bond donors (Lipinski definition) is 0. The van der Waals surface area contributed by atoms with Gasteiger partial charge in [0.25, 0.3) is 0 Å². The van der Waals surface area contributed by atoms with Crippen molar-refractivity contribution in [2.75, 3.05) is 0 Å². The first-order valence-corrected chi connectivity index (χ1v) is 6.20. The van der Waals surface area contributed by atoms with Gasteiger partial charge in [0.2, 0.25) is 0 Å². The minimum absolute atomic E-state index is 0.0274. The molecule has 0 saturated heterocycles. The van der Waals surface area contributed by atoms with E-state index in [1.807, 2.05) is 26.0 Å². The zero-order valence-electron chi connectivity index (χ0n) is 10.7. The first-order valence-electron chi connectivity index (χ1n) is 6.20. The Morgan fingerprint density at radius 2 is 2.00 bits per heavy atom. The maximum atomic E-state index is 11.3. The second-order valence-electron chi connectivity index (χ2n) is 3.98. The Balaban J connectivity index is 3.61. The number of esters is 1. The Kier molecular flexibility index (Phi) is 9.78. The highest BCUT2D eigenvalue weighted by atomic mass is 16.5. The van der Waals surface area contributed by atoms with Gasteiger partial charge in [-0.05, 0) is 26.7 Å². The monoisotopic (exact) mass is 224 g/mol. The van der Waals surface area contributed by atoms with Gasteiger partial charge >= 0.3 is 5.97 Å². The quantitative estimate of drug-likeness (QED) is 0.269. The van der Waals surface area contributed by atoms with Crippen LogP contribution in [0.2, 0.25) is 0 Å². The summed E-state index contributed by atoms with van der Waals surface area (Å²) in [6.07, 6.45) is 12.7. The van der Waals surface area contributed by atoms with Crippen molar-refractivity contribution in [3.8, 4) is 0 Å². The van der Waals surface area contributed by atoms with E-state index in [1.54, 1.807) is 6.08 Å². The van der Waals surface area contributed by atoms with Crippen LogP contribution >= 0.6 is 0 Å². The molecule has 0 aromatic heterocycles. The number of carbonyl (C=O) groups excluding carboxylic acids is 1. The zero-order chi connectivity index (χ0) is 12.2. The Bertz CT molecular complexity index is 229. The summed E-state index contributed by atoms with van der Waals surface area (Å²) in [6.45, 7) is 6.05. The van der Waals surface area contributed by atoms with Crippen molar-refractivity contribution in [2.45, 2.75) is 59.0 Å². The Morgan fingerprint density at radius 1 is 1.25 bits per heavy atom. The van der Waals surface area contributed by atoms with Crippen molar-refractivity contribution in [1.29, 1.82) is 0 Å². The van der Waals surface area contributed by atoms with E-state index >= 15 is 0 Å². The molecule has 0 aromatic carbocycles. The summed E-state index contributed by atoms with van der Waals surface area (Å²) in [7, 11) is 0. The third-order valence-corrected chi connectivity index (χ3v) is 2.32. The predicted octanol–water partition coefficient (Wildman–Crippen LogP) is 4.02. The molecule has 0 N–H and O–H groups in total. The van der Waals surface area contributed by atoms with Gasteiger partial charge < -0.3 is 4.74 Å². The van der Waals surface area contributed by atoms with Crippen LogP contribution in [0, 0.1) is 0 Å². The van der Waals surface area contributed by atoms with Gasteiger partial charge in [-0.2, -0.15) is 0 Å². The van der Waals surface area contributed by atoms with E-state index in [4.69, 9.17) is 4.74 Å². The van der Waals surface area contributed by atoms with Crippen LogP contribution in [0.3, 0.4) is 0 Å². The van der Waals surface area contributed by atoms with Gasteiger partial charge in [-0.25, -0.2) is 4.79 Å². The lowest BCUT2D eigenvalue weighted by atomic mass is 10.1. The fourth-order valence-corrected chi connectivity index (χ4v) is 1.40. The molecule has 0 radical (unpaired) electrons. The molecule has 0 rings (SSSR count). The molecular weight excluding hydrogens is 200 g/mol. The fourth-order valence-electron chi connectivity index (χ4n) is 1.40. The molecule has 1 atom stereocenters. The van der Waals surface area contributed by atoms with E-state index in [2.05, 4.69) is 6.92 Å². The molecule has 0 aliphatic carbocycles. The van der Waals surface area contributed by atoms with Gasteiger partial charge in [-0.1, -0.05) is 44.4 Å². The molecule has 0 aliphatic heterocycles. The normalized spacial score (nSPS) is 13.4. The van der Waals surface area contributed by atoms with Gasteiger partial charge in [-0.15, -0.1) is 0 Å². The molecule has 0 amide bonds. The third-order valence-electron chi connectivity index (χ3n) is 2.32. The lowest BCUT2D eigenvalue weighted by Crippen LogP contribution is -2.12. The average Bonchev–Trinajstić information content (AvgIpc) is 2.25. The molecule has 0 saturated carbocycles. The second-order valence-corrected chi connectivity index (χ2v) is 3.98. The van der Waals surface area contributed by atoms with Crippen LogP contribution in [0.5, 0.6) is 0 Å². The van der Waals surface area contributed by atoms with Crippen LogP contribution in [-0.4, -0.2) is 12.1 Å². The molecule has 2 nitrogen and oxygen atoms in total. The lowest BCUT2D eigenvalue weighted by Gasteiger charge is -2.11. The van der Waals surface area contributed by atoms with Crippen molar-refractivity contribution in [3.05, 3.63) is 24.3 Å². The minimum Gasteiger partial charge on any atom is -0.460 e. The molecule has 92 valence electrons. The van der Waals surface area contributed by atoms with Crippen LogP contribution in [0.25, 0.3) is 0 Å². The highest BCUT2D eigenvalue weighted by Crippen LogP contribution is 2.08. The Hall–Kier alpha value is -1.05. The largest absolute Gasteiger partial charge is 0.460 e. The summed E-state index contributed by atoms with van der Waals surface area (Å²) in [5.74, 6) is -0.249. The number of unbranched alkanes of at least 4 members (excludes halogenated alkanes) is 3. The van der Waals surface area contributed by atoms with Gasteiger partial charge in [-0.3, -0.25) is 0 Å². The van der Waals surface area contributed by atoms with Crippen molar-refractivity contribution >= 4 is 5.97 Å². The summed E-state index contributed by atoms with van der Waals surface area (Å²) in [6, 6.07) is 0. The summed E-state index contributed by atoms with van der Waals surface area (Å²) in [5, 5.41) is 0. The Morgan fingerprint density at radius 3 is 2.62 bits per heavy atom. The highest BCUT2D eigenvalue weighted by molar-refractivity contribution is 5.82. The van der Waals surface area contributed by atoms with Crippen LogP contribution in [0.15, 0.2) is 24.3 Å². The minimum atomic E-state index is -0.249. The van der Waals surface area contributed by atoms with Crippen molar-refractivity contribution < 1.29 is 9.53 Å². The smallest absolute Gasteiger partial charge is 0.331 e. The summed E-state index contributed by atoms with van der Waals surface area (Å²) >= 11 is 0. The van der Waals surface area contributed by atoms with Gasteiger partial charge in [0.1, 0.15) is 0 Å². The molecule has 0 spiro atoms. The predicted molar refractivity (Wildman–Crippen MR) is 68.3 cm³/mol. The molecule has 0 aliphatic rings. The third kappa shape index (κ3) is 9.50. The molecular formula is C14H24O2. The van der Waals surface area contributed by atoms with E-state index in [-0.39, 0.29) is 12.1 Å². The fraction of sp³-hybridized carbons (Fsp3) is 0.643. The van der Waals surface area contributed by atoms with Crippen LogP contribution in [0.4, 0.5) is 0 Å². The van der Waals surface area contributed by atoms with Crippen molar-refractivity contribution in [1.82, 2.24) is 0 Å². The number of ether oxygens (including phenoxy) is 1. The molecule has 16 heavy (non-hydrogen) atoms. The number of rotatable bonds is 8. The van der Waals surface area contributed by atoms with Crippen LogP contribution in [-0.2, 0) is 9.53 Å². The molecule has 0 heterocycles. The molecule has 0 fully saturated rings. The standard InChI is InChI=1S/C14H24O2/c1-4-6-8-10-11-13(3)16-14(15)12-9-7-5-2/h5,7,9,12-13H,4,6,8,10-11H2,1-3H3. The van der Waals surface area contributed by atoms with E-state index in [1.165, 1.54) is 25.3 Å². The van der Waals surface area contributed by atoms with Gasteiger partial charge in [0, 0.05) is 6.08 Å². The number of hydrogen-bond acceptors (Lipinski definition) is 2. The molecule has 0 aromatic rings. The SMILES string of the molecule is CC=CC=CC(=O)OC(C)CCCCCC. The maximum absolute atomic E-state index is 11.3. The van der Waals surface area contributed by atoms with Crippen LogP contribution in [0.1, 0.15) is 52.9 Å². The van der Waals surface area contributed by atoms with E-state index in [0.717, 1.165) is 12.8 Å². The molecule has 0 bridgehead atoms. The van der Waals surface area contributed by atoms with Crippen LogP contribution < -0.4 is 0 Å². The van der Waals surface area contributed by atoms with Gasteiger partial charge in [0.15, 0.2) is 0 Å². The topological polar surface area (TPSA) is 26.3 Å². The van der Waals surface area contributed by atoms with Crippen molar-refractivity contribution in [3.63, 3.8) is 0 Å². The summed E-state index contributed by atoms with van der Waals surface area (Å²) in [5.41, 5.74) is 0. The van der Waals surface area contributed by atoms with E-state index in [0.29, 0.717) is 0 Å². The average molecular weight is 224 g/mol. The maximum Gasteiger partial charge on any atom is 0.331 e. The number of allylic oxidation sites excluding steroid dienone is 3. The number of carbonyl (C=O) groups is 1. The zero-order valence-corrected chi connectivity index (χ0v) is 10.7. The summed E-state index contributed by atoms with van der Waals surface area (Å²) in [4.78, 5) is 11.3. The Labute approximate surface area is 99.4 Å². The summed E-state index contributed by atoms with van der Waals surface area (Å²) < 4.78 is 5.22.